The summed E-state index contributed by atoms with van der Waals surface area (Å²) in [7, 11) is 0. The molecule has 0 saturated heterocycles. The third-order valence-corrected chi connectivity index (χ3v) is 4.58. The number of carboxylic acids is 1. The van der Waals surface area contributed by atoms with E-state index >= 15 is 0 Å². The zero-order valence-corrected chi connectivity index (χ0v) is 12.3. The fourth-order valence-corrected chi connectivity index (χ4v) is 3.42. The fraction of sp³-hybridized carbons (Fsp3) is 0.467. The quantitative estimate of drug-likeness (QED) is 0.819. The monoisotopic (exact) mass is 293 g/mol. The van der Waals surface area contributed by atoms with Crippen LogP contribution in [-0.2, 0) is 4.79 Å². The molecule has 2 rings (SSSR count). The van der Waals surface area contributed by atoms with E-state index in [-0.39, 0.29) is 12.3 Å². The van der Waals surface area contributed by atoms with Gasteiger partial charge in [0.25, 0.3) is 5.91 Å². The molecule has 20 heavy (non-hydrogen) atoms. The molecule has 0 bridgehead atoms. The molecule has 1 amide bonds. The van der Waals surface area contributed by atoms with Gasteiger partial charge in [-0.2, -0.15) is 0 Å². The molecule has 1 aromatic rings. The van der Waals surface area contributed by atoms with Gasteiger partial charge >= 0.3 is 5.97 Å². The zero-order chi connectivity index (χ0) is 14.6. The fourth-order valence-electron chi connectivity index (χ4n) is 2.83. The van der Waals surface area contributed by atoms with Gasteiger partial charge in [0.1, 0.15) is 0 Å². The molecule has 5 heteroatoms. The van der Waals surface area contributed by atoms with Crippen molar-refractivity contribution in [1.82, 2.24) is 5.32 Å². The van der Waals surface area contributed by atoms with Crippen molar-refractivity contribution in [2.24, 2.45) is 0 Å². The Morgan fingerprint density at radius 1 is 1.30 bits per heavy atom. The lowest BCUT2D eigenvalue weighted by Gasteiger charge is -2.29. The van der Waals surface area contributed by atoms with Gasteiger partial charge in [0.05, 0.1) is 17.5 Å². The lowest BCUT2D eigenvalue weighted by atomic mass is 9.92. The first-order chi connectivity index (χ1) is 9.56. The number of rotatable bonds is 5. The van der Waals surface area contributed by atoms with Gasteiger partial charge in [-0.15, -0.1) is 11.8 Å². The highest BCUT2D eigenvalue weighted by Crippen LogP contribution is 2.33. The number of amides is 1. The normalized spacial score (nSPS) is 16.9. The van der Waals surface area contributed by atoms with Crippen LogP contribution in [0.2, 0.25) is 0 Å². The molecular weight excluding hydrogens is 274 g/mol. The van der Waals surface area contributed by atoms with Crippen LogP contribution in [-0.4, -0.2) is 28.8 Å². The van der Waals surface area contributed by atoms with Crippen molar-refractivity contribution >= 4 is 23.6 Å². The second kappa shape index (κ2) is 6.31. The van der Waals surface area contributed by atoms with Crippen LogP contribution in [0.5, 0.6) is 0 Å². The molecule has 1 fully saturated rings. The van der Waals surface area contributed by atoms with Crippen LogP contribution in [0.25, 0.3) is 0 Å². The van der Waals surface area contributed by atoms with Crippen molar-refractivity contribution in [1.29, 1.82) is 0 Å². The molecule has 108 valence electrons. The molecular formula is C15H19NO3S. The SMILES string of the molecule is CSc1ccccc1C(=O)NC1(CC(=O)O)CCCC1. The van der Waals surface area contributed by atoms with E-state index in [2.05, 4.69) is 5.32 Å². The molecule has 4 nitrogen and oxygen atoms in total. The number of nitrogens with one attached hydrogen (secondary N) is 1. The van der Waals surface area contributed by atoms with Crippen molar-refractivity contribution in [3.63, 3.8) is 0 Å². The van der Waals surface area contributed by atoms with Gasteiger partial charge in [-0.05, 0) is 31.2 Å². The third-order valence-electron chi connectivity index (χ3n) is 3.78. The topological polar surface area (TPSA) is 66.4 Å². The van der Waals surface area contributed by atoms with Gasteiger partial charge in [0.2, 0.25) is 0 Å². The number of thioether (sulfide) groups is 1. The summed E-state index contributed by atoms with van der Waals surface area (Å²) in [5.41, 5.74) is 0.0469. The van der Waals surface area contributed by atoms with Gasteiger partial charge < -0.3 is 10.4 Å². The Hall–Kier alpha value is -1.49. The van der Waals surface area contributed by atoms with Crippen molar-refractivity contribution in [2.75, 3.05) is 6.26 Å². The summed E-state index contributed by atoms with van der Waals surface area (Å²) in [5, 5.41) is 12.0. The Morgan fingerprint density at radius 3 is 2.55 bits per heavy atom. The molecule has 1 aliphatic carbocycles. The Bertz CT molecular complexity index is 510. The van der Waals surface area contributed by atoms with Gasteiger partial charge in [-0.1, -0.05) is 25.0 Å². The van der Waals surface area contributed by atoms with Crippen molar-refractivity contribution in [3.05, 3.63) is 29.8 Å². The average molecular weight is 293 g/mol. The summed E-state index contributed by atoms with van der Waals surface area (Å²) in [6, 6.07) is 7.40. The van der Waals surface area contributed by atoms with Gasteiger partial charge in [-0.25, -0.2) is 0 Å². The maximum absolute atomic E-state index is 12.4. The van der Waals surface area contributed by atoms with Crippen molar-refractivity contribution in [2.45, 2.75) is 42.5 Å². The number of hydrogen-bond donors (Lipinski definition) is 2. The van der Waals surface area contributed by atoms with Crippen LogP contribution in [0, 0.1) is 0 Å². The first-order valence-electron chi connectivity index (χ1n) is 6.74. The molecule has 0 heterocycles. The van der Waals surface area contributed by atoms with E-state index in [1.54, 1.807) is 6.07 Å². The lowest BCUT2D eigenvalue weighted by Crippen LogP contribution is -2.47. The summed E-state index contributed by atoms with van der Waals surface area (Å²) < 4.78 is 0. The second-order valence-electron chi connectivity index (χ2n) is 5.21. The number of benzene rings is 1. The van der Waals surface area contributed by atoms with Crippen LogP contribution in [0.15, 0.2) is 29.2 Å². The summed E-state index contributed by atoms with van der Waals surface area (Å²) in [5.74, 6) is -1.02. The number of carbonyl (C=O) groups is 2. The van der Waals surface area contributed by atoms with E-state index in [0.29, 0.717) is 5.56 Å². The highest BCUT2D eigenvalue weighted by atomic mass is 32.2. The molecule has 0 aromatic heterocycles. The predicted molar refractivity (Wildman–Crippen MR) is 79.1 cm³/mol. The molecule has 2 N–H and O–H groups in total. The van der Waals surface area contributed by atoms with Crippen LogP contribution >= 0.6 is 11.8 Å². The van der Waals surface area contributed by atoms with Crippen molar-refractivity contribution in [3.8, 4) is 0 Å². The summed E-state index contributed by atoms with van der Waals surface area (Å²) >= 11 is 1.52. The predicted octanol–water partition coefficient (Wildman–Crippen LogP) is 2.93. The van der Waals surface area contributed by atoms with Gasteiger partial charge in [0, 0.05) is 4.90 Å². The van der Waals surface area contributed by atoms with Gasteiger partial charge in [-0.3, -0.25) is 9.59 Å². The van der Waals surface area contributed by atoms with Crippen LogP contribution in [0.1, 0.15) is 42.5 Å². The maximum atomic E-state index is 12.4. The number of carboxylic acid groups (broad SMARTS) is 1. The molecule has 0 aliphatic heterocycles. The smallest absolute Gasteiger partial charge is 0.305 e. The molecule has 0 radical (unpaired) electrons. The van der Waals surface area contributed by atoms with Crippen molar-refractivity contribution < 1.29 is 14.7 Å². The first kappa shape index (κ1) is 14.9. The number of aliphatic carboxylic acids is 1. The minimum Gasteiger partial charge on any atom is -0.481 e. The molecule has 1 aliphatic rings. The zero-order valence-electron chi connectivity index (χ0n) is 11.5. The Balaban J connectivity index is 2.18. The highest BCUT2D eigenvalue weighted by Gasteiger charge is 2.37. The molecule has 0 spiro atoms. The Kier molecular flexibility index (Phi) is 4.70. The first-order valence-corrected chi connectivity index (χ1v) is 7.96. The standard InChI is InChI=1S/C15H19NO3S/c1-20-12-7-3-2-6-11(12)14(19)16-15(10-13(17)18)8-4-5-9-15/h2-3,6-7H,4-5,8-10H2,1H3,(H,16,19)(H,17,18). The summed E-state index contributed by atoms with van der Waals surface area (Å²) in [6.45, 7) is 0. The molecule has 0 unspecified atom stereocenters. The Morgan fingerprint density at radius 2 is 1.95 bits per heavy atom. The van der Waals surface area contributed by atoms with Crippen LogP contribution in [0.4, 0.5) is 0 Å². The minimum absolute atomic E-state index is 0.000173. The van der Waals surface area contributed by atoms with E-state index in [1.807, 2.05) is 24.5 Å². The van der Waals surface area contributed by atoms with E-state index in [1.165, 1.54) is 11.8 Å². The molecule has 1 saturated carbocycles. The average Bonchev–Trinajstić information content (AvgIpc) is 2.85. The second-order valence-corrected chi connectivity index (χ2v) is 6.06. The van der Waals surface area contributed by atoms with Crippen LogP contribution in [0.3, 0.4) is 0 Å². The Labute approximate surface area is 123 Å². The maximum Gasteiger partial charge on any atom is 0.305 e. The lowest BCUT2D eigenvalue weighted by molar-refractivity contribution is -0.138. The van der Waals surface area contributed by atoms with E-state index in [0.717, 1.165) is 30.6 Å². The van der Waals surface area contributed by atoms with Gasteiger partial charge in [0.15, 0.2) is 0 Å². The summed E-state index contributed by atoms with van der Waals surface area (Å²) in [6.07, 6.45) is 5.35. The summed E-state index contributed by atoms with van der Waals surface area (Å²) in [4.78, 5) is 24.4. The number of carbonyl (C=O) groups excluding carboxylic acids is 1. The third kappa shape index (κ3) is 3.33. The molecule has 1 aromatic carbocycles. The minimum atomic E-state index is -0.856. The van der Waals surface area contributed by atoms with Crippen LogP contribution < -0.4 is 5.32 Å². The van der Waals surface area contributed by atoms with E-state index < -0.39 is 11.5 Å². The molecule has 0 atom stereocenters. The number of hydrogen-bond acceptors (Lipinski definition) is 3. The van der Waals surface area contributed by atoms with E-state index in [4.69, 9.17) is 5.11 Å². The highest BCUT2D eigenvalue weighted by molar-refractivity contribution is 7.98. The van der Waals surface area contributed by atoms with E-state index in [9.17, 15) is 9.59 Å². The largest absolute Gasteiger partial charge is 0.481 e.